The third kappa shape index (κ3) is 5.42. The number of rotatable bonds is 6. The summed E-state index contributed by atoms with van der Waals surface area (Å²) in [6.45, 7) is 2.99. The Morgan fingerprint density at radius 3 is 2.45 bits per heavy atom. The molecule has 0 atom stereocenters. The molecule has 2 heterocycles. The molecule has 1 aliphatic rings. The zero-order valence-corrected chi connectivity index (χ0v) is 16.4. The van der Waals surface area contributed by atoms with Crippen LogP contribution < -0.4 is 5.32 Å². The standard InChI is InChI=1S/C24H26N4O/c29-24(12-11-21-17-25-28(19-21)23-9-5-2-6-10-23)26-22-13-15-27(16-14-22)18-20-7-3-1-4-8-20/h1-12,17,19,22H,13-16,18H2,(H,26,29)/b12-11+. The molecule has 1 saturated heterocycles. The Morgan fingerprint density at radius 2 is 1.72 bits per heavy atom. The van der Waals surface area contributed by atoms with Crippen LogP contribution in [0.2, 0.25) is 0 Å². The third-order valence-corrected chi connectivity index (χ3v) is 5.23. The number of aromatic nitrogens is 2. The van der Waals surface area contributed by atoms with Crippen molar-refractivity contribution in [3.8, 4) is 5.69 Å². The molecule has 0 saturated carbocycles. The highest BCUT2D eigenvalue weighted by Crippen LogP contribution is 2.14. The maximum atomic E-state index is 12.3. The molecule has 148 valence electrons. The smallest absolute Gasteiger partial charge is 0.244 e. The van der Waals surface area contributed by atoms with Crippen LogP contribution in [-0.2, 0) is 11.3 Å². The number of hydrogen-bond acceptors (Lipinski definition) is 3. The normalized spacial score (nSPS) is 15.6. The van der Waals surface area contributed by atoms with Crippen LogP contribution in [0.3, 0.4) is 0 Å². The first-order valence-electron chi connectivity index (χ1n) is 10.1. The Labute approximate surface area is 171 Å². The van der Waals surface area contributed by atoms with Crippen LogP contribution in [0.1, 0.15) is 24.0 Å². The maximum absolute atomic E-state index is 12.3. The van der Waals surface area contributed by atoms with Crippen LogP contribution in [0, 0.1) is 0 Å². The topological polar surface area (TPSA) is 50.2 Å². The first kappa shape index (κ1) is 19.2. The molecule has 1 fully saturated rings. The van der Waals surface area contributed by atoms with E-state index < -0.39 is 0 Å². The van der Waals surface area contributed by atoms with Gasteiger partial charge in [-0.3, -0.25) is 9.69 Å². The maximum Gasteiger partial charge on any atom is 0.244 e. The van der Waals surface area contributed by atoms with Crippen LogP contribution in [0.4, 0.5) is 0 Å². The molecule has 0 bridgehead atoms. The molecule has 29 heavy (non-hydrogen) atoms. The van der Waals surface area contributed by atoms with E-state index in [9.17, 15) is 4.79 Å². The number of nitrogens with one attached hydrogen (secondary N) is 1. The van der Waals surface area contributed by atoms with Crippen molar-refractivity contribution in [3.63, 3.8) is 0 Å². The molecule has 1 aromatic heterocycles. The highest BCUT2D eigenvalue weighted by atomic mass is 16.1. The molecule has 3 aromatic rings. The lowest BCUT2D eigenvalue weighted by molar-refractivity contribution is -0.117. The summed E-state index contributed by atoms with van der Waals surface area (Å²) in [5.41, 5.74) is 3.24. The first-order chi connectivity index (χ1) is 14.3. The average molecular weight is 386 g/mol. The number of piperidine rings is 1. The predicted octanol–water partition coefficient (Wildman–Crippen LogP) is 3.67. The van der Waals surface area contributed by atoms with Gasteiger partial charge in [0.25, 0.3) is 0 Å². The highest BCUT2D eigenvalue weighted by Gasteiger charge is 2.20. The molecule has 1 N–H and O–H groups in total. The van der Waals surface area contributed by atoms with Gasteiger partial charge in [-0.2, -0.15) is 5.10 Å². The summed E-state index contributed by atoms with van der Waals surface area (Å²) < 4.78 is 1.81. The van der Waals surface area contributed by atoms with Crippen LogP contribution in [0.5, 0.6) is 0 Å². The lowest BCUT2D eigenvalue weighted by Crippen LogP contribution is -2.43. The van der Waals surface area contributed by atoms with Crippen LogP contribution in [0.15, 0.2) is 79.1 Å². The van der Waals surface area contributed by atoms with Crippen molar-refractivity contribution in [2.45, 2.75) is 25.4 Å². The quantitative estimate of drug-likeness (QED) is 0.658. The predicted molar refractivity (Wildman–Crippen MR) is 115 cm³/mol. The number of likely N-dealkylation sites (tertiary alicyclic amines) is 1. The van der Waals surface area contributed by atoms with Gasteiger partial charge in [-0.05, 0) is 36.6 Å². The van der Waals surface area contributed by atoms with Crippen molar-refractivity contribution in [1.29, 1.82) is 0 Å². The minimum absolute atomic E-state index is 0.0426. The van der Waals surface area contributed by atoms with Gasteiger partial charge in [0.2, 0.25) is 5.91 Å². The lowest BCUT2D eigenvalue weighted by atomic mass is 10.0. The molecule has 1 aliphatic heterocycles. The van der Waals surface area contributed by atoms with E-state index in [2.05, 4.69) is 39.6 Å². The molecule has 5 nitrogen and oxygen atoms in total. The van der Waals surface area contributed by atoms with E-state index in [-0.39, 0.29) is 11.9 Å². The van der Waals surface area contributed by atoms with Gasteiger partial charge in [0.05, 0.1) is 11.9 Å². The molecular formula is C24H26N4O. The van der Waals surface area contributed by atoms with E-state index in [0.717, 1.165) is 43.7 Å². The van der Waals surface area contributed by atoms with Gasteiger partial charge in [-0.15, -0.1) is 0 Å². The number of carbonyl (C=O) groups excluding carboxylic acids is 1. The van der Waals surface area contributed by atoms with Gasteiger partial charge in [0.15, 0.2) is 0 Å². The Hall–Kier alpha value is -3.18. The molecule has 0 radical (unpaired) electrons. The fourth-order valence-corrected chi connectivity index (χ4v) is 3.64. The van der Waals surface area contributed by atoms with Crippen LogP contribution in [-0.4, -0.2) is 39.7 Å². The van der Waals surface area contributed by atoms with E-state index in [4.69, 9.17) is 0 Å². The molecule has 0 spiro atoms. The van der Waals surface area contributed by atoms with Crippen LogP contribution >= 0.6 is 0 Å². The number of carbonyl (C=O) groups is 1. The van der Waals surface area contributed by atoms with Crippen LogP contribution in [0.25, 0.3) is 11.8 Å². The largest absolute Gasteiger partial charge is 0.350 e. The van der Waals surface area contributed by atoms with Gasteiger partial charge < -0.3 is 5.32 Å². The summed E-state index contributed by atoms with van der Waals surface area (Å²) in [6, 6.07) is 20.7. The third-order valence-electron chi connectivity index (χ3n) is 5.23. The van der Waals surface area contributed by atoms with Gasteiger partial charge in [-0.25, -0.2) is 4.68 Å². The average Bonchev–Trinajstić information content (AvgIpc) is 3.24. The zero-order valence-electron chi connectivity index (χ0n) is 16.4. The summed E-state index contributed by atoms with van der Waals surface area (Å²) in [5.74, 6) is -0.0426. The van der Waals surface area contributed by atoms with Crippen molar-refractivity contribution in [1.82, 2.24) is 20.0 Å². The van der Waals surface area contributed by atoms with E-state index in [1.165, 1.54) is 5.56 Å². The molecular weight excluding hydrogens is 360 g/mol. The number of nitrogens with zero attached hydrogens (tertiary/aromatic N) is 3. The summed E-state index contributed by atoms with van der Waals surface area (Å²) in [6.07, 6.45) is 9.06. The number of benzene rings is 2. The van der Waals surface area contributed by atoms with Crippen molar-refractivity contribution < 1.29 is 4.79 Å². The summed E-state index contributed by atoms with van der Waals surface area (Å²) in [5, 5.41) is 7.48. The van der Waals surface area contributed by atoms with E-state index in [1.54, 1.807) is 17.0 Å². The minimum Gasteiger partial charge on any atom is -0.350 e. The van der Waals surface area contributed by atoms with Gasteiger partial charge in [-0.1, -0.05) is 48.5 Å². The first-order valence-corrected chi connectivity index (χ1v) is 10.1. The minimum atomic E-state index is -0.0426. The fourth-order valence-electron chi connectivity index (χ4n) is 3.64. The van der Waals surface area contributed by atoms with Crippen molar-refractivity contribution >= 4 is 12.0 Å². The SMILES string of the molecule is O=C(/C=C/c1cnn(-c2ccccc2)c1)NC1CCN(Cc2ccccc2)CC1. The molecule has 0 unspecified atom stereocenters. The van der Waals surface area contributed by atoms with Gasteiger partial charge in [0, 0.05) is 43.5 Å². The van der Waals surface area contributed by atoms with Crippen molar-refractivity contribution in [2.75, 3.05) is 13.1 Å². The Balaban J connectivity index is 1.24. The molecule has 0 aliphatic carbocycles. The van der Waals surface area contributed by atoms with Gasteiger partial charge >= 0.3 is 0 Å². The lowest BCUT2D eigenvalue weighted by Gasteiger charge is -2.32. The molecule has 5 heteroatoms. The van der Waals surface area contributed by atoms with E-state index in [1.807, 2.05) is 48.7 Å². The Bertz CT molecular complexity index is 941. The van der Waals surface area contributed by atoms with Gasteiger partial charge in [0.1, 0.15) is 0 Å². The number of para-hydroxylation sites is 1. The number of hydrogen-bond donors (Lipinski definition) is 1. The van der Waals surface area contributed by atoms with E-state index >= 15 is 0 Å². The van der Waals surface area contributed by atoms with E-state index in [0.29, 0.717) is 0 Å². The second kappa shape index (κ2) is 9.34. The molecule has 1 amide bonds. The summed E-state index contributed by atoms with van der Waals surface area (Å²) >= 11 is 0. The number of amides is 1. The Morgan fingerprint density at radius 1 is 1.03 bits per heavy atom. The Kier molecular flexibility index (Phi) is 6.17. The zero-order chi connectivity index (χ0) is 19.9. The summed E-state index contributed by atoms with van der Waals surface area (Å²) in [4.78, 5) is 14.7. The highest BCUT2D eigenvalue weighted by molar-refractivity contribution is 5.91. The summed E-state index contributed by atoms with van der Waals surface area (Å²) in [7, 11) is 0. The molecule has 4 rings (SSSR count). The monoisotopic (exact) mass is 386 g/mol. The second-order valence-electron chi connectivity index (χ2n) is 7.43. The van der Waals surface area contributed by atoms with Crippen molar-refractivity contribution in [3.05, 3.63) is 90.3 Å². The fraction of sp³-hybridized carbons (Fsp3) is 0.250. The molecule has 2 aromatic carbocycles. The second-order valence-corrected chi connectivity index (χ2v) is 7.43. The van der Waals surface area contributed by atoms with Crippen molar-refractivity contribution in [2.24, 2.45) is 0 Å².